The van der Waals surface area contributed by atoms with Crippen LogP contribution in [0.25, 0.3) is 5.65 Å². The van der Waals surface area contributed by atoms with Gasteiger partial charge in [0, 0.05) is 25.6 Å². The van der Waals surface area contributed by atoms with Crippen LogP contribution in [0.2, 0.25) is 0 Å². The van der Waals surface area contributed by atoms with Gasteiger partial charge in [-0.1, -0.05) is 24.7 Å². The summed E-state index contributed by atoms with van der Waals surface area (Å²) in [4.78, 5) is 15.2. The summed E-state index contributed by atoms with van der Waals surface area (Å²) in [7, 11) is -3.72. The van der Waals surface area contributed by atoms with Crippen LogP contribution >= 0.6 is 12.2 Å². The Morgan fingerprint density at radius 1 is 1.13 bits per heavy atom. The average molecular weight is 577 g/mol. The van der Waals surface area contributed by atoms with Gasteiger partial charge in [-0.2, -0.15) is 4.72 Å². The quantitative estimate of drug-likeness (QED) is 0.146. The highest BCUT2D eigenvalue weighted by atomic mass is 32.2. The monoisotopic (exact) mass is 576 g/mol. The number of rotatable bonds is 7. The molecule has 0 saturated heterocycles. The topological polar surface area (TPSA) is 102 Å². The summed E-state index contributed by atoms with van der Waals surface area (Å²) in [5, 5.41) is 2.94. The number of sulfonamides is 1. The van der Waals surface area contributed by atoms with E-state index in [9.17, 15) is 35.2 Å². The van der Waals surface area contributed by atoms with E-state index in [1.165, 1.54) is 0 Å². The van der Waals surface area contributed by atoms with Gasteiger partial charge in [0.2, 0.25) is 15.8 Å². The first kappa shape index (κ1) is 27.9. The predicted octanol–water partition coefficient (Wildman–Crippen LogP) is 3.28. The van der Waals surface area contributed by atoms with E-state index in [0.29, 0.717) is 35.5 Å². The van der Waals surface area contributed by atoms with Crippen molar-refractivity contribution < 1.29 is 39.9 Å². The van der Waals surface area contributed by atoms with Crippen LogP contribution in [0.1, 0.15) is 31.2 Å². The minimum absolute atomic E-state index is 0.361. The van der Waals surface area contributed by atoms with Gasteiger partial charge in [-0.25, -0.2) is 35.4 Å². The van der Waals surface area contributed by atoms with Gasteiger partial charge < -0.3 is 14.5 Å². The van der Waals surface area contributed by atoms with Crippen molar-refractivity contribution >= 4 is 38.8 Å². The molecule has 1 aromatic carbocycles. The zero-order valence-electron chi connectivity index (χ0n) is 19.7. The van der Waals surface area contributed by atoms with Crippen LogP contribution < -0.4 is 10.0 Å². The Hall–Kier alpha value is -3.17. The van der Waals surface area contributed by atoms with E-state index in [1.54, 1.807) is 46.9 Å². The molecule has 1 fully saturated rings. The Morgan fingerprint density at radius 2 is 1.79 bits per heavy atom. The third kappa shape index (κ3) is 4.73. The second-order valence-electron chi connectivity index (χ2n) is 8.61. The van der Waals surface area contributed by atoms with E-state index in [1.807, 2.05) is 0 Å². The maximum absolute atomic E-state index is 14.0. The number of carbonyl (C=O) groups excluding carboxylic acids is 1. The van der Waals surface area contributed by atoms with Crippen LogP contribution in [0.15, 0.2) is 35.6 Å². The lowest BCUT2D eigenvalue weighted by molar-refractivity contribution is -0.151. The van der Waals surface area contributed by atoms with Gasteiger partial charge in [0.15, 0.2) is 28.2 Å². The molecule has 0 bridgehead atoms. The molecule has 204 valence electrons. The number of carbonyl (C=O) groups is 1. The van der Waals surface area contributed by atoms with Crippen molar-refractivity contribution in [1.82, 2.24) is 19.4 Å². The van der Waals surface area contributed by atoms with Crippen molar-refractivity contribution in [1.29, 1.82) is 0 Å². The van der Waals surface area contributed by atoms with E-state index in [0.717, 1.165) is 6.42 Å². The molecular formula is C23H21F5N4O4S2. The van der Waals surface area contributed by atoms with Crippen LogP contribution in [0, 0.1) is 29.1 Å². The number of esters is 1. The van der Waals surface area contributed by atoms with Gasteiger partial charge in [-0.3, -0.25) is 4.79 Å². The number of aromatic nitrogens is 2. The minimum atomic E-state index is -5.33. The standard InChI is InChI=1S/C23H21F5N4O4S2/c1-29-22(37)23(12-5-6-14-30-8-9-32(14)11-12)7-3-2-4-13(23)36-15(33)10-31-38(34,35)21-19(27)17(25)16(24)18(26)20(21)28/h5-6,8-9,11,13,31H,2-4,7,10H2,1H3,(H,29,37). The van der Waals surface area contributed by atoms with E-state index in [4.69, 9.17) is 17.0 Å². The lowest BCUT2D eigenvalue weighted by Gasteiger charge is -2.44. The molecule has 8 nitrogen and oxygen atoms in total. The first-order valence-corrected chi connectivity index (χ1v) is 13.2. The lowest BCUT2D eigenvalue weighted by atomic mass is 9.67. The Kier molecular flexibility index (Phi) is 7.72. The number of nitrogens with one attached hydrogen (secondary N) is 2. The number of thiocarbonyl (C=S) groups is 1. The molecule has 3 aromatic rings. The predicted molar refractivity (Wildman–Crippen MR) is 128 cm³/mol. The van der Waals surface area contributed by atoms with Gasteiger partial charge in [0.1, 0.15) is 18.3 Å². The first-order valence-electron chi connectivity index (χ1n) is 11.3. The third-order valence-corrected chi connectivity index (χ3v) is 8.48. The van der Waals surface area contributed by atoms with Crippen molar-refractivity contribution in [3.05, 3.63) is 65.4 Å². The van der Waals surface area contributed by atoms with Crippen molar-refractivity contribution in [3.8, 4) is 0 Å². The molecule has 4 rings (SSSR count). The molecule has 0 amide bonds. The normalized spacial score (nSPS) is 19.9. The van der Waals surface area contributed by atoms with E-state index in [-0.39, 0.29) is 0 Å². The third-order valence-electron chi connectivity index (χ3n) is 6.49. The molecule has 2 unspecified atom stereocenters. The number of nitrogens with zero attached hydrogens (tertiary/aromatic N) is 2. The molecule has 1 aliphatic rings. The van der Waals surface area contributed by atoms with Crippen molar-refractivity contribution in [3.63, 3.8) is 0 Å². The SMILES string of the molecule is CNC(=S)C1(c2ccc3nccn3c2)CCCCC1OC(=O)CNS(=O)(=O)c1c(F)c(F)c(F)c(F)c1F. The Bertz CT molecular complexity index is 1500. The van der Waals surface area contributed by atoms with Crippen LogP contribution in [0.3, 0.4) is 0 Å². The number of hydrogen-bond acceptors (Lipinski definition) is 6. The Morgan fingerprint density at radius 3 is 2.45 bits per heavy atom. The molecule has 1 aliphatic carbocycles. The molecule has 1 saturated carbocycles. The van der Waals surface area contributed by atoms with Gasteiger partial charge >= 0.3 is 5.97 Å². The zero-order chi connectivity index (χ0) is 27.8. The number of fused-ring (bicyclic) bond motifs is 1. The Balaban J connectivity index is 1.60. The molecular weight excluding hydrogens is 555 g/mol. The average Bonchev–Trinajstić information content (AvgIpc) is 3.37. The minimum Gasteiger partial charge on any atom is -0.460 e. The van der Waals surface area contributed by atoms with Crippen LogP contribution in [-0.2, 0) is 25.0 Å². The highest BCUT2D eigenvalue weighted by Crippen LogP contribution is 2.42. The summed E-state index contributed by atoms with van der Waals surface area (Å²) in [5.74, 6) is -13.6. The molecule has 2 aromatic heterocycles. The fourth-order valence-corrected chi connectivity index (χ4v) is 6.13. The maximum Gasteiger partial charge on any atom is 0.321 e. The summed E-state index contributed by atoms with van der Waals surface area (Å²) in [6, 6.07) is 3.56. The number of likely N-dealkylation sites (N-methyl/N-ethyl adjacent to an activating group) is 1. The molecule has 2 heterocycles. The maximum atomic E-state index is 14.0. The van der Waals surface area contributed by atoms with E-state index in [2.05, 4.69) is 10.3 Å². The smallest absolute Gasteiger partial charge is 0.321 e. The molecule has 0 spiro atoms. The zero-order valence-corrected chi connectivity index (χ0v) is 21.4. The molecule has 38 heavy (non-hydrogen) atoms. The molecule has 15 heteroatoms. The number of hydrogen-bond donors (Lipinski definition) is 2. The van der Waals surface area contributed by atoms with Crippen molar-refractivity contribution in [2.75, 3.05) is 13.6 Å². The van der Waals surface area contributed by atoms with Gasteiger partial charge in [-0.15, -0.1) is 0 Å². The number of pyridine rings is 1. The van der Waals surface area contributed by atoms with Gasteiger partial charge in [0.25, 0.3) is 0 Å². The largest absolute Gasteiger partial charge is 0.460 e. The molecule has 2 N–H and O–H groups in total. The summed E-state index contributed by atoms with van der Waals surface area (Å²) in [6.45, 7) is -1.14. The number of halogens is 5. The fraction of sp³-hybridized carbons (Fsp3) is 0.348. The summed E-state index contributed by atoms with van der Waals surface area (Å²) in [5.41, 5.74) is 0.393. The number of benzene rings is 1. The van der Waals surface area contributed by atoms with Gasteiger partial charge in [0.05, 0.1) is 10.4 Å². The second-order valence-corrected chi connectivity index (χ2v) is 10.7. The highest BCUT2D eigenvalue weighted by molar-refractivity contribution is 7.89. The van der Waals surface area contributed by atoms with E-state index < -0.39 is 68.0 Å². The molecule has 0 radical (unpaired) electrons. The van der Waals surface area contributed by atoms with Crippen LogP contribution in [0.4, 0.5) is 22.0 Å². The van der Waals surface area contributed by atoms with Crippen molar-refractivity contribution in [2.24, 2.45) is 0 Å². The first-order chi connectivity index (χ1) is 17.9. The van der Waals surface area contributed by atoms with Gasteiger partial charge in [-0.05, 0) is 30.9 Å². The molecule has 2 atom stereocenters. The number of imidazole rings is 1. The molecule has 0 aliphatic heterocycles. The van der Waals surface area contributed by atoms with Crippen molar-refractivity contribution in [2.45, 2.75) is 42.1 Å². The van der Waals surface area contributed by atoms with Crippen LogP contribution in [0.5, 0.6) is 0 Å². The second kappa shape index (κ2) is 10.5. The summed E-state index contributed by atoms with van der Waals surface area (Å²) in [6.07, 6.45) is 6.53. The Labute approximate surface area is 219 Å². The lowest BCUT2D eigenvalue weighted by Crippen LogP contribution is -2.54. The summed E-state index contributed by atoms with van der Waals surface area (Å²) >= 11 is 5.63. The fourth-order valence-electron chi connectivity index (χ4n) is 4.68. The van der Waals surface area contributed by atoms with E-state index >= 15 is 0 Å². The highest BCUT2D eigenvalue weighted by Gasteiger charge is 2.48. The summed E-state index contributed by atoms with van der Waals surface area (Å²) < 4.78 is 102. The van der Waals surface area contributed by atoms with Crippen LogP contribution in [-0.4, -0.2) is 48.5 Å². The number of ether oxygens (including phenoxy) is 1.